The largest absolute Gasteiger partial charge is 0.451 e. The predicted octanol–water partition coefficient (Wildman–Crippen LogP) is 3.95. The van der Waals surface area contributed by atoms with Crippen LogP contribution in [0.15, 0.2) is 46.3 Å². The van der Waals surface area contributed by atoms with Crippen molar-refractivity contribution in [2.24, 2.45) is 14.1 Å². The van der Waals surface area contributed by atoms with Crippen molar-refractivity contribution >= 4 is 22.1 Å². The predicted molar refractivity (Wildman–Crippen MR) is 133 cm³/mol. The third kappa shape index (κ3) is 3.51. The second-order valence-corrected chi connectivity index (χ2v) is 9.31. The smallest absolute Gasteiger partial charge is 0.349 e. The molecule has 0 N–H and O–H groups in total. The number of nitriles is 1. The molecule has 1 aliphatic rings. The quantitative estimate of drug-likeness (QED) is 0.380. The molecule has 5 heterocycles. The van der Waals surface area contributed by atoms with Gasteiger partial charge in [-0.15, -0.1) is 0 Å². The highest BCUT2D eigenvalue weighted by Crippen LogP contribution is 2.39. The first kappa shape index (κ1) is 22.2. The maximum absolute atomic E-state index is 13.6. The molecule has 0 saturated carbocycles. The fourth-order valence-electron chi connectivity index (χ4n) is 5.13. The van der Waals surface area contributed by atoms with Crippen molar-refractivity contribution in [3.8, 4) is 28.6 Å². The molecule has 0 radical (unpaired) electrons. The topological polar surface area (TPSA) is 117 Å². The monoisotopic (exact) mass is 483 g/mol. The summed E-state index contributed by atoms with van der Waals surface area (Å²) in [6, 6.07) is 5.89. The number of imidazole rings is 1. The lowest BCUT2D eigenvalue weighted by Gasteiger charge is -2.30. The second kappa shape index (κ2) is 8.46. The standard InChI is InChI=1S/C26H25N7O3/c1-4-19-9-18(5-6-35-19)33-23-20-8-15(21-13-31(2)14-28-21)7-16(10-27)24(20)36-25(23)22(30-26(33)34)17-11-29-32(3)12-17/h7-8,11-14,18-19H,4-6,9H2,1-3H3/t18-,19-/m0/s1. The molecule has 0 spiro atoms. The summed E-state index contributed by atoms with van der Waals surface area (Å²) < 4.78 is 17.5. The summed E-state index contributed by atoms with van der Waals surface area (Å²) >= 11 is 0. The number of hydrogen-bond acceptors (Lipinski definition) is 7. The van der Waals surface area contributed by atoms with Crippen molar-refractivity contribution in [2.75, 3.05) is 6.61 Å². The van der Waals surface area contributed by atoms with Gasteiger partial charge in [0.15, 0.2) is 11.2 Å². The molecule has 0 unspecified atom stereocenters. The van der Waals surface area contributed by atoms with Crippen LogP contribution in [0.3, 0.4) is 0 Å². The highest BCUT2D eigenvalue weighted by Gasteiger charge is 2.29. The van der Waals surface area contributed by atoms with Crippen molar-refractivity contribution in [2.45, 2.75) is 38.3 Å². The summed E-state index contributed by atoms with van der Waals surface area (Å²) in [5, 5.41) is 15.0. The van der Waals surface area contributed by atoms with Gasteiger partial charge in [0.25, 0.3) is 0 Å². The molecule has 182 valence electrons. The number of nitrogens with zero attached hydrogens (tertiary/aromatic N) is 7. The molecule has 10 heteroatoms. The van der Waals surface area contributed by atoms with E-state index in [1.165, 1.54) is 0 Å². The first-order valence-electron chi connectivity index (χ1n) is 12.0. The fourth-order valence-corrected chi connectivity index (χ4v) is 5.13. The van der Waals surface area contributed by atoms with Gasteiger partial charge in [-0.1, -0.05) is 6.92 Å². The third-order valence-corrected chi connectivity index (χ3v) is 6.89. The van der Waals surface area contributed by atoms with Gasteiger partial charge >= 0.3 is 5.69 Å². The van der Waals surface area contributed by atoms with Gasteiger partial charge < -0.3 is 13.7 Å². The normalized spacial score (nSPS) is 18.2. The Labute approximate surface area is 206 Å². The van der Waals surface area contributed by atoms with Gasteiger partial charge in [0, 0.05) is 55.7 Å². The SMILES string of the molecule is CC[C@H]1C[C@@H](n2c(=O)nc(-c3cnn(C)c3)c3oc4c(C#N)cc(-c5cn(C)cn5)cc4c32)CCO1. The molecule has 36 heavy (non-hydrogen) atoms. The molecule has 0 amide bonds. The molecule has 0 aliphatic carbocycles. The molecule has 5 aromatic rings. The van der Waals surface area contributed by atoms with Crippen molar-refractivity contribution in [1.29, 1.82) is 5.26 Å². The molecular weight excluding hydrogens is 458 g/mol. The van der Waals surface area contributed by atoms with Gasteiger partial charge in [-0.05, 0) is 31.4 Å². The summed E-state index contributed by atoms with van der Waals surface area (Å²) in [5.74, 6) is 0. The lowest BCUT2D eigenvalue weighted by atomic mass is 10.00. The zero-order valence-corrected chi connectivity index (χ0v) is 20.3. The number of rotatable bonds is 4. The van der Waals surface area contributed by atoms with Crippen molar-refractivity contribution in [3.05, 3.63) is 53.1 Å². The summed E-state index contributed by atoms with van der Waals surface area (Å²) in [7, 11) is 3.70. The summed E-state index contributed by atoms with van der Waals surface area (Å²) in [6.07, 6.45) is 9.39. The summed E-state index contributed by atoms with van der Waals surface area (Å²) in [5.41, 5.74) is 4.15. The van der Waals surface area contributed by atoms with Gasteiger partial charge in [-0.2, -0.15) is 15.3 Å². The van der Waals surface area contributed by atoms with Gasteiger partial charge in [-0.25, -0.2) is 9.78 Å². The Morgan fingerprint density at radius 2 is 2.06 bits per heavy atom. The van der Waals surface area contributed by atoms with Gasteiger partial charge in [0.1, 0.15) is 17.3 Å². The van der Waals surface area contributed by atoms with Crippen LogP contribution >= 0.6 is 0 Å². The van der Waals surface area contributed by atoms with Crippen LogP contribution in [0.1, 0.15) is 37.8 Å². The third-order valence-electron chi connectivity index (χ3n) is 6.89. The molecule has 6 rings (SSSR count). The van der Waals surface area contributed by atoms with Crippen molar-refractivity contribution < 1.29 is 9.15 Å². The van der Waals surface area contributed by atoms with Crippen LogP contribution in [-0.4, -0.2) is 41.6 Å². The number of hydrogen-bond donors (Lipinski definition) is 0. The minimum Gasteiger partial charge on any atom is -0.451 e. The van der Waals surface area contributed by atoms with E-state index >= 15 is 0 Å². The minimum absolute atomic E-state index is 0.0700. The lowest BCUT2D eigenvalue weighted by Crippen LogP contribution is -2.34. The van der Waals surface area contributed by atoms with E-state index in [0.717, 1.165) is 17.7 Å². The lowest BCUT2D eigenvalue weighted by molar-refractivity contribution is -0.00709. The average Bonchev–Trinajstić information content (AvgIpc) is 3.61. The Hall–Kier alpha value is -4.23. The van der Waals surface area contributed by atoms with Crippen LogP contribution in [0.4, 0.5) is 0 Å². The first-order valence-corrected chi connectivity index (χ1v) is 12.0. The van der Waals surface area contributed by atoms with E-state index in [-0.39, 0.29) is 17.8 Å². The number of aryl methyl sites for hydroxylation is 2. The van der Waals surface area contributed by atoms with Gasteiger partial charge in [0.05, 0.1) is 29.9 Å². The molecule has 1 fully saturated rings. The molecule has 1 aromatic carbocycles. The Morgan fingerprint density at radius 1 is 1.19 bits per heavy atom. The highest BCUT2D eigenvalue weighted by atomic mass is 16.5. The average molecular weight is 484 g/mol. The van der Waals surface area contributed by atoms with E-state index in [0.29, 0.717) is 58.3 Å². The van der Waals surface area contributed by atoms with Gasteiger partial charge in [-0.3, -0.25) is 9.25 Å². The Kier molecular flexibility index (Phi) is 5.23. The zero-order valence-electron chi connectivity index (χ0n) is 20.3. The molecule has 1 saturated heterocycles. The number of aromatic nitrogens is 6. The van der Waals surface area contributed by atoms with E-state index in [4.69, 9.17) is 9.15 Å². The van der Waals surface area contributed by atoms with Crippen LogP contribution in [0.5, 0.6) is 0 Å². The Morgan fingerprint density at radius 3 is 2.75 bits per heavy atom. The Balaban J connectivity index is 1.71. The van der Waals surface area contributed by atoms with Crippen LogP contribution in [0.25, 0.3) is 44.6 Å². The van der Waals surface area contributed by atoms with Crippen LogP contribution in [0, 0.1) is 11.3 Å². The van der Waals surface area contributed by atoms with E-state index in [9.17, 15) is 10.1 Å². The summed E-state index contributed by atoms with van der Waals surface area (Å²) in [6.45, 7) is 2.65. The number of fused-ring (bicyclic) bond motifs is 3. The Bertz CT molecular complexity index is 1720. The molecular formula is C26H25N7O3. The second-order valence-electron chi connectivity index (χ2n) is 9.31. The molecule has 10 nitrogen and oxygen atoms in total. The van der Waals surface area contributed by atoms with Crippen molar-refractivity contribution in [3.63, 3.8) is 0 Å². The number of ether oxygens (including phenoxy) is 1. The summed E-state index contributed by atoms with van der Waals surface area (Å²) in [4.78, 5) is 22.6. The fraction of sp³-hybridized carbons (Fsp3) is 0.346. The molecule has 4 aromatic heterocycles. The minimum atomic E-state index is -0.354. The van der Waals surface area contributed by atoms with E-state index in [2.05, 4.69) is 28.1 Å². The number of furan rings is 1. The van der Waals surface area contributed by atoms with Crippen LogP contribution < -0.4 is 5.69 Å². The molecule has 2 atom stereocenters. The van der Waals surface area contributed by atoms with E-state index in [1.807, 2.05) is 23.9 Å². The maximum atomic E-state index is 13.6. The van der Waals surface area contributed by atoms with Gasteiger partial charge in [0.2, 0.25) is 0 Å². The molecule has 1 aliphatic heterocycles. The number of benzene rings is 1. The zero-order chi connectivity index (χ0) is 25.0. The molecule has 0 bridgehead atoms. The van der Waals surface area contributed by atoms with Crippen molar-refractivity contribution in [1.82, 2.24) is 28.9 Å². The van der Waals surface area contributed by atoms with Crippen LogP contribution in [0.2, 0.25) is 0 Å². The van der Waals surface area contributed by atoms with E-state index in [1.54, 1.807) is 41.1 Å². The van der Waals surface area contributed by atoms with Crippen LogP contribution in [-0.2, 0) is 18.8 Å². The highest BCUT2D eigenvalue weighted by molar-refractivity contribution is 6.09. The first-order chi connectivity index (χ1) is 17.5. The van der Waals surface area contributed by atoms with E-state index < -0.39 is 0 Å². The maximum Gasteiger partial charge on any atom is 0.349 e.